The minimum atomic E-state index is -3.24. The predicted molar refractivity (Wildman–Crippen MR) is 131 cm³/mol. The van der Waals surface area contributed by atoms with Gasteiger partial charge < -0.3 is 15.5 Å². The fourth-order valence-corrected chi connectivity index (χ4v) is 5.24. The van der Waals surface area contributed by atoms with E-state index < -0.39 is 9.84 Å². The van der Waals surface area contributed by atoms with Crippen molar-refractivity contribution in [2.45, 2.75) is 29.2 Å². The number of aliphatic imine (C=N–C) groups is 1. The Balaban J connectivity index is 1.22. The van der Waals surface area contributed by atoms with Crippen LogP contribution < -0.4 is 15.5 Å². The standard InChI is InChI=1S/C24H25N7O2S/c1-34(32,33)18-4-2-16(3-5-18)19-13-26-20-14-27-23(30-22(19)20)29-17-6-9-25-21(12-17)31-11-10-28-24(15-31)7-8-24/h2-6,9,12-14,19,28H,7-8,10-11,15H2,1H3,(H,25,27,29,30). The molecule has 1 aromatic carbocycles. The molecule has 1 saturated carbocycles. The average molecular weight is 476 g/mol. The Morgan fingerprint density at radius 1 is 1.15 bits per heavy atom. The maximum absolute atomic E-state index is 11.8. The first-order chi connectivity index (χ1) is 16.4. The van der Waals surface area contributed by atoms with Gasteiger partial charge in [-0.25, -0.2) is 23.4 Å². The second kappa shape index (κ2) is 7.85. The fourth-order valence-electron chi connectivity index (χ4n) is 4.60. The summed E-state index contributed by atoms with van der Waals surface area (Å²) < 4.78 is 23.6. The van der Waals surface area contributed by atoms with Crippen LogP contribution in [0.2, 0.25) is 0 Å². The SMILES string of the molecule is CS(=O)(=O)c1ccc(C2C=Nc3cnc(Nc4ccnc(N5CCNC6(CC6)C5)c4)nc32)cc1. The largest absolute Gasteiger partial charge is 0.353 e. The van der Waals surface area contributed by atoms with Crippen LogP contribution in [-0.4, -0.2) is 61.0 Å². The highest BCUT2D eigenvalue weighted by atomic mass is 32.2. The van der Waals surface area contributed by atoms with Crippen LogP contribution >= 0.6 is 0 Å². The Labute approximate surface area is 198 Å². The highest BCUT2D eigenvalue weighted by molar-refractivity contribution is 7.90. The molecule has 2 N–H and O–H groups in total. The lowest BCUT2D eigenvalue weighted by atomic mass is 9.98. The summed E-state index contributed by atoms with van der Waals surface area (Å²) in [6.07, 6.45) is 9.00. The number of anilines is 3. The number of rotatable bonds is 5. The maximum Gasteiger partial charge on any atom is 0.227 e. The van der Waals surface area contributed by atoms with E-state index in [1.54, 1.807) is 18.3 Å². The summed E-state index contributed by atoms with van der Waals surface area (Å²) in [5.74, 6) is 1.28. The normalized spacial score (nSPS) is 20.4. The molecule has 0 amide bonds. The van der Waals surface area contributed by atoms with Gasteiger partial charge in [-0.3, -0.25) is 4.99 Å². The van der Waals surface area contributed by atoms with Gasteiger partial charge in [-0.1, -0.05) is 12.1 Å². The number of aromatic nitrogens is 3. The third-order valence-corrected chi connectivity index (χ3v) is 7.81. The van der Waals surface area contributed by atoms with Gasteiger partial charge in [-0.15, -0.1) is 0 Å². The van der Waals surface area contributed by atoms with Crippen molar-refractivity contribution >= 4 is 39.2 Å². The summed E-state index contributed by atoms with van der Waals surface area (Å²) in [5.41, 5.74) is 3.59. The summed E-state index contributed by atoms with van der Waals surface area (Å²) in [5, 5.41) is 6.94. The van der Waals surface area contributed by atoms with Gasteiger partial charge in [0.1, 0.15) is 11.5 Å². The molecule has 1 saturated heterocycles. The molecule has 10 heteroatoms. The summed E-state index contributed by atoms with van der Waals surface area (Å²) in [4.78, 5) is 20.8. The molecule has 1 atom stereocenters. The maximum atomic E-state index is 11.8. The molecule has 1 spiro atoms. The van der Waals surface area contributed by atoms with Crippen LogP contribution in [0.3, 0.4) is 0 Å². The van der Waals surface area contributed by atoms with Gasteiger partial charge in [0.2, 0.25) is 5.95 Å². The van der Waals surface area contributed by atoms with Gasteiger partial charge in [0, 0.05) is 55.6 Å². The number of nitrogens with one attached hydrogen (secondary N) is 2. The van der Waals surface area contributed by atoms with Crippen LogP contribution in [0.25, 0.3) is 0 Å². The Hall–Kier alpha value is -3.37. The summed E-state index contributed by atoms with van der Waals surface area (Å²) in [6, 6.07) is 10.8. The molecule has 6 rings (SSSR count). The van der Waals surface area contributed by atoms with Gasteiger partial charge in [0.15, 0.2) is 9.84 Å². The zero-order chi connectivity index (χ0) is 23.3. The van der Waals surface area contributed by atoms with Crippen LogP contribution in [0, 0.1) is 0 Å². The minimum absolute atomic E-state index is 0.157. The summed E-state index contributed by atoms with van der Waals surface area (Å²) in [7, 11) is -3.24. The second-order valence-corrected chi connectivity index (χ2v) is 11.2. The predicted octanol–water partition coefficient (Wildman–Crippen LogP) is 2.81. The summed E-state index contributed by atoms with van der Waals surface area (Å²) in [6.45, 7) is 2.89. The highest BCUT2D eigenvalue weighted by Gasteiger charge is 2.45. The van der Waals surface area contributed by atoms with Crippen molar-refractivity contribution in [2.24, 2.45) is 4.99 Å². The van der Waals surface area contributed by atoms with Gasteiger partial charge in [0.25, 0.3) is 0 Å². The number of piperazine rings is 1. The molecule has 3 aromatic rings. The van der Waals surface area contributed by atoms with Crippen molar-refractivity contribution in [2.75, 3.05) is 36.1 Å². The van der Waals surface area contributed by atoms with E-state index in [4.69, 9.17) is 4.98 Å². The van der Waals surface area contributed by atoms with Crippen molar-refractivity contribution in [1.29, 1.82) is 0 Å². The molecular weight excluding hydrogens is 450 g/mol. The molecular formula is C24H25N7O2S. The van der Waals surface area contributed by atoms with Crippen LogP contribution in [-0.2, 0) is 9.84 Å². The number of nitrogens with zero attached hydrogens (tertiary/aromatic N) is 5. The van der Waals surface area contributed by atoms with Crippen LogP contribution in [0.15, 0.2) is 58.7 Å². The highest BCUT2D eigenvalue weighted by Crippen LogP contribution is 2.39. The zero-order valence-corrected chi connectivity index (χ0v) is 19.6. The second-order valence-electron chi connectivity index (χ2n) is 9.22. The molecule has 4 heterocycles. The quantitative estimate of drug-likeness (QED) is 0.579. The molecule has 2 aromatic heterocycles. The van der Waals surface area contributed by atoms with E-state index in [0.29, 0.717) is 16.5 Å². The van der Waals surface area contributed by atoms with E-state index in [1.165, 1.54) is 19.1 Å². The monoisotopic (exact) mass is 475 g/mol. The summed E-state index contributed by atoms with van der Waals surface area (Å²) >= 11 is 0. The molecule has 34 heavy (non-hydrogen) atoms. The third kappa shape index (κ3) is 4.03. The number of benzene rings is 1. The molecule has 1 aliphatic carbocycles. The first kappa shape index (κ1) is 21.2. The van der Waals surface area contributed by atoms with Gasteiger partial charge >= 0.3 is 0 Å². The number of pyridine rings is 1. The third-order valence-electron chi connectivity index (χ3n) is 6.68. The lowest BCUT2D eigenvalue weighted by molar-refractivity contribution is 0.440. The van der Waals surface area contributed by atoms with Crippen molar-refractivity contribution in [3.05, 3.63) is 60.0 Å². The van der Waals surface area contributed by atoms with Gasteiger partial charge in [-0.2, -0.15) is 0 Å². The smallest absolute Gasteiger partial charge is 0.227 e. The van der Waals surface area contributed by atoms with Gasteiger partial charge in [0.05, 0.1) is 22.7 Å². The van der Waals surface area contributed by atoms with E-state index in [0.717, 1.165) is 42.4 Å². The average Bonchev–Trinajstić information content (AvgIpc) is 3.43. The molecule has 3 aliphatic rings. The first-order valence-electron chi connectivity index (χ1n) is 11.3. The number of hydrogen-bond donors (Lipinski definition) is 2. The van der Waals surface area contributed by atoms with Crippen molar-refractivity contribution < 1.29 is 8.42 Å². The van der Waals surface area contributed by atoms with E-state index in [9.17, 15) is 8.42 Å². The zero-order valence-electron chi connectivity index (χ0n) is 18.8. The number of sulfone groups is 1. The number of fused-ring (bicyclic) bond motifs is 1. The van der Waals surface area contributed by atoms with Crippen molar-refractivity contribution in [3.63, 3.8) is 0 Å². The molecule has 0 bridgehead atoms. The minimum Gasteiger partial charge on any atom is -0.353 e. The van der Waals surface area contributed by atoms with E-state index in [1.807, 2.05) is 36.7 Å². The topological polar surface area (TPSA) is 112 Å². The van der Waals surface area contributed by atoms with Crippen molar-refractivity contribution in [1.82, 2.24) is 20.3 Å². The van der Waals surface area contributed by atoms with Crippen LogP contribution in [0.5, 0.6) is 0 Å². The molecule has 0 radical (unpaired) electrons. The van der Waals surface area contributed by atoms with Gasteiger partial charge in [-0.05, 0) is 36.6 Å². The first-order valence-corrected chi connectivity index (χ1v) is 13.2. The molecule has 2 aliphatic heterocycles. The number of hydrogen-bond acceptors (Lipinski definition) is 9. The van der Waals surface area contributed by atoms with Crippen LogP contribution in [0.4, 0.5) is 23.1 Å². The Bertz CT molecular complexity index is 1380. The molecule has 1 unspecified atom stereocenters. The van der Waals surface area contributed by atoms with Crippen molar-refractivity contribution in [3.8, 4) is 0 Å². The van der Waals surface area contributed by atoms with E-state index >= 15 is 0 Å². The Kier molecular flexibility index (Phi) is 4.89. The lowest BCUT2D eigenvalue weighted by Gasteiger charge is -2.35. The molecule has 2 fully saturated rings. The lowest BCUT2D eigenvalue weighted by Crippen LogP contribution is -2.52. The Morgan fingerprint density at radius 3 is 2.74 bits per heavy atom. The molecule has 174 valence electrons. The Morgan fingerprint density at radius 2 is 1.97 bits per heavy atom. The van der Waals surface area contributed by atoms with Crippen LogP contribution in [0.1, 0.15) is 30.0 Å². The van der Waals surface area contributed by atoms with E-state index in [2.05, 4.69) is 30.5 Å². The van der Waals surface area contributed by atoms with E-state index in [-0.39, 0.29) is 11.5 Å². The molecule has 9 nitrogen and oxygen atoms in total. The fraction of sp³-hybridized carbons (Fsp3) is 0.333.